The van der Waals surface area contributed by atoms with Crippen LogP contribution in [0.2, 0.25) is 0 Å². The third-order valence-corrected chi connectivity index (χ3v) is 2.31. The minimum absolute atomic E-state index is 0.107. The molecule has 1 aromatic carbocycles. The first kappa shape index (κ1) is 15.0. The van der Waals surface area contributed by atoms with Crippen LogP contribution in [0.25, 0.3) is 6.08 Å². The normalized spacial score (nSPS) is 11.2. The molecule has 1 aromatic rings. The summed E-state index contributed by atoms with van der Waals surface area (Å²) in [7, 11) is 1.57. The SMILES string of the molecule is CCOCCOC(=Cc1ccc(OC)cc1)C(=O)O. The van der Waals surface area contributed by atoms with Crippen molar-refractivity contribution in [2.45, 2.75) is 6.92 Å². The Labute approximate surface area is 112 Å². The maximum atomic E-state index is 11.0. The van der Waals surface area contributed by atoms with Gasteiger partial charge in [-0.25, -0.2) is 4.79 Å². The van der Waals surface area contributed by atoms with E-state index >= 15 is 0 Å². The second-order valence-corrected chi connectivity index (χ2v) is 3.63. The van der Waals surface area contributed by atoms with E-state index in [1.54, 1.807) is 31.4 Å². The number of rotatable bonds is 8. The van der Waals surface area contributed by atoms with Crippen molar-refractivity contribution in [3.05, 3.63) is 35.6 Å². The Morgan fingerprint density at radius 1 is 1.26 bits per heavy atom. The zero-order valence-electron chi connectivity index (χ0n) is 11.1. The molecule has 0 bridgehead atoms. The molecule has 104 valence electrons. The van der Waals surface area contributed by atoms with Crippen molar-refractivity contribution in [3.63, 3.8) is 0 Å². The third-order valence-electron chi connectivity index (χ3n) is 2.31. The number of hydrogen-bond acceptors (Lipinski definition) is 4. The molecule has 1 rings (SSSR count). The zero-order chi connectivity index (χ0) is 14.1. The van der Waals surface area contributed by atoms with E-state index in [0.29, 0.717) is 19.0 Å². The fraction of sp³-hybridized carbons (Fsp3) is 0.357. The van der Waals surface area contributed by atoms with Gasteiger partial charge < -0.3 is 19.3 Å². The van der Waals surface area contributed by atoms with Gasteiger partial charge in [-0.05, 0) is 30.7 Å². The van der Waals surface area contributed by atoms with E-state index in [9.17, 15) is 4.79 Å². The van der Waals surface area contributed by atoms with Crippen LogP contribution in [-0.2, 0) is 14.3 Å². The molecular formula is C14H18O5. The topological polar surface area (TPSA) is 65.0 Å². The van der Waals surface area contributed by atoms with Crippen molar-refractivity contribution in [3.8, 4) is 5.75 Å². The molecule has 5 heteroatoms. The van der Waals surface area contributed by atoms with Crippen LogP contribution in [0.4, 0.5) is 0 Å². The van der Waals surface area contributed by atoms with E-state index in [1.807, 2.05) is 6.92 Å². The van der Waals surface area contributed by atoms with Crippen molar-refractivity contribution in [1.82, 2.24) is 0 Å². The summed E-state index contributed by atoms with van der Waals surface area (Å²) in [5, 5.41) is 9.03. The number of ether oxygens (including phenoxy) is 3. The predicted molar refractivity (Wildman–Crippen MR) is 71.1 cm³/mol. The van der Waals surface area contributed by atoms with Gasteiger partial charge in [-0.15, -0.1) is 0 Å². The smallest absolute Gasteiger partial charge is 0.371 e. The summed E-state index contributed by atoms with van der Waals surface area (Å²) in [5.74, 6) is -0.497. The number of carbonyl (C=O) groups is 1. The summed E-state index contributed by atoms with van der Waals surface area (Å²) in [4.78, 5) is 11.0. The van der Waals surface area contributed by atoms with Crippen molar-refractivity contribution >= 4 is 12.0 Å². The van der Waals surface area contributed by atoms with Crippen LogP contribution < -0.4 is 4.74 Å². The second-order valence-electron chi connectivity index (χ2n) is 3.63. The molecule has 1 N–H and O–H groups in total. The van der Waals surface area contributed by atoms with Gasteiger partial charge in [0.25, 0.3) is 0 Å². The Morgan fingerprint density at radius 2 is 1.95 bits per heavy atom. The molecule has 0 heterocycles. The number of methoxy groups -OCH3 is 1. The van der Waals surface area contributed by atoms with Gasteiger partial charge in [0.15, 0.2) is 0 Å². The first-order chi connectivity index (χ1) is 9.17. The van der Waals surface area contributed by atoms with Gasteiger partial charge in [-0.1, -0.05) is 12.1 Å². The monoisotopic (exact) mass is 266 g/mol. The summed E-state index contributed by atoms with van der Waals surface area (Å²) >= 11 is 0. The highest BCUT2D eigenvalue weighted by molar-refractivity contribution is 5.89. The quantitative estimate of drug-likeness (QED) is 0.444. The van der Waals surface area contributed by atoms with Gasteiger partial charge in [0.05, 0.1) is 13.7 Å². The molecule has 0 spiro atoms. The molecular weight excluding hydrogens is 248 g/mol. The standard InChI is InChI=1S/C14H18O5/c1-3-18-8-9-19-13(14(15)16)10-11-4-6-12(17-2)7-5-11/h4-7,10H,3,8-9H2,1-2H3,(H,15,16). The molecule has 0 saturated heterocycles. The van der Waals surface area contributed by atoms with E-state index in [0.717, 1.165) is 5.56 Å². The van der Waals surface area contributed by atoms with Crippen LogP contribution in [0.15, 0.2) is 30.0 Å². The lowest BCUT2D eigenvalue weighted by atomic mass is 10.2. The Bertz CT molecular complexity index is 422. The Morgan fingerprint density at radius 3 is 2.47 bits per heavy atom. The Hall–Kier alpha value is -2.01. The van der Waals surface area contributed by atoms with Crippen LogP contribution in [-0.4, -0.2) is 38.0 Å². The molecule has 0 unspecified atom stereocenters. The molecule has 0 aliphatic carbocycles. The average Bonchev–Trinajstić information content (AvgIpc) is 2.42. The lowest BCUT2D eigenvalue weighted by Gasteiger charge is -2.07. The summed E-state index contributed by atoms with van der Waals surface area (Å²) in [6.07, 6.45) is 1.47. The van der Waals surface area contributed by atoms with Gasteiger partial charge in [0, 0.05) is 6.61 Å². The number of hydrogen-bond donors (Lipinski definition) is 1. The van der Waals surface area contributed by atoms with Gasteiger partial charge in [0.2, 0.25) is 5.76 Å². The van der Waals surface area contributed by atoms with Gasteiger partial charge in [-0.3, -0.25) is 0 Å². The molecule has 0 fully saturated rings. The molecule has 5 nitrogen and oxygen atoms in total. The zero-order valence-corrected chi connectivity index (χ0v) is 11.1. The van der Waals surface area contributed by atoms with E-state index in [2.05, 4.69) is 0 Å². The number of benzene rings is 1. The summed E-state index contributed by atoms with van der Waals surface area (Å²) in [6, 6.07) is 7.03. The van der Waals surface area contributed by atoms with Gasteiger partial charge >= 0.3 is 5.97 Å². The second kappa shape index (κ2) is 8.16. The molecule has 19 heavy (non-hydrogen) atoms. The average molecular weight is 266 g/mol. The lowest BCUT2D eigenvalue weighted by Crippen LogP contribution is -2.09. The molecule has 0 aliphatic rings. The highest BCUT2D eigenvalue weighted by Gasteiger charge is 2.08. The predicted octanol–water partition coefficient (Wildman–Crippen LogP) is 2.17. The van der Waals surface area contributed by atoms with E-state index in [-0.39, 0.29) is 12.4 Å². The van der Waals surface area contributed by atoms with Crippen LogP contribution in [0, 0.1) is 0 Å². The van der Waals surface area contributed by atoms with E-state index in [1.165, 1.54) is 6.08 Å². The summed E-state index contributed by atoms with van der Waals surface area (Å²) in [5.41, 5.74) is 0.731. The fourth-order valence-corrected chi connectivity index (χ4v) is 1.37. The minimum Gasteiger partial charge on any atom is -0.497 e. The van der Waals surface area contributed by atoms with E-state index < -0.39 is 5.97 Å². The van der Waals surface area contributed by atoms with Crippen LogP contribution in [0.1, 0.15) is 12.5 Å². The van der Waals surface area contributed by atoms with Gasteiger partial charge in [-0.2, -0.15) is 0 Å². The van der Waals surface area contributed by atoms with Crippen molar-refractivity contribution in [2.75, 3.05) is 26.9 Å². The van der Waals surface area contributed by atoms with Crippen molar-refractivity contribution < 1.29 is 24.1 Å². The Kier molecular flexibility index (Phi) is 6.46. The number of aliphatic carboxylic acids is 1. The molecule has 0 aliphatic heterocycles. The first-order valence-electron chi connectivity index (χ1n) is 5.97. The molecule has 0 saturated carbocycles. The van der Waals surface area contributed by atoms with Gasteiger partial charge in [0.1, 0.15) is 12.4 Å². The first-order valence-corrected chi connectivity index (χ1v) is 5.97. The van der Waals surface area contributed by atoms with Crippen LogP contribution in [0.3, 0.4) is 0 Å². The lowest BCUT2D eigenvalue weighted by molar-refractivity contribution is -0.136. The highest BCUT2D eigenvalue weighted by Crippen LogP contribution is 2.14. The molecule has 0 radical (unpaired) electrons. The maximum Gasteiger partial charge on any atom is 0.371 e. The van der Waals surface area contributed by atoms with Crippen molar-refractivity contribution in [1.29, 1.82) is 0 Å². The number of carboxylic acids is 1. The fourth-order valence-electron chi connectivity index (χ4n) is 1.37. The molecule has 0 atom stereocenters. The molecule has 0 aromatic heterocycles. The number of carboxylic acid groups (broad SMARTS) is 1. The summed E-state index contributed by atoms with van der Waals surface area (Å²) in [6.45, 7) is 3.02. The van der Waals surface area contributed by atoms with Crippen LogP contribution >= 0.6 is 0 Å². The summed E-state index contributed by atoms with van der Waals surface area (Å²) < 4.78 is 15.3. The van der Waals surface area contributed by atoms with Crippen LogP contribution in [0.5, 0.6) is 5.75 Å². The minimum atomic E-state index is -1.10. The van der Waals surface area contributed by atoms with E-state index in [4.69, 9.17) is 19.3 Å². The Balaban J connectivity index is 2.68. The third kappa shape index (κ3) is 5.44. The maximum absolute atomic E-state index is 11.0. The van der Waals surface area contributed by atoms with Crippen molar-refractivity contribution in [2.24, 2.45) is 0 Å². The largest absolute Gasteiger partial charge is 0.497 e. The molecule has 0 amide bonds. The highest BCUT2D eigenvalue weighted by atomic mass is 16.5.